The quantitative estimate of drug-likeness (QED) is 0.899. The normalized spacial score (nSPS) is 17.6. The molecule has 1 aliphatic heterocycles. The first kappa shape index (κ1) is 16.2. The Morgan fingerprint density at radius 3 is 2.96 bits per heavy atom. The second-order valence-electron chi connectivity index (χ2n) is 5.11. The molecular weight excluding hydrogens is 357 g/mol. The molecule has 1 fully saturated rings. The average Bonchev–Trinajstić information content (AvgIpc) is 3.15. The lowest BCUT2D eigenvalue weighted by Gasteiger charge is -2.22. The number of hydrogen-bond acceptors (Lipinski definition) is 4. The highest BCUT2D eigenvalue weighted by molar-refractivity contribution is 7.14. The zero-order chi connectivity index (χ0) is 16.4. The Morgan fingerprint density at radius 1 is 1.43 bits per heavy atom. The Morgan fingerprint density at radius 2 is 2.26 bits per heavy atom. The summed E-state index contributed by atoms with van der Waals surface area (Å²) >= 11 is 13.3. The van der Waals surface area contributed by atoms with Crippen molar-refractivity contribution in [2.45, 2.75) is 25.4 Å². The topological polar surface area (TPSA) is 62.3 Å². The molecule has 3 rings (SSSR count). The van der Waals surface area contributed by atoms with E-state index in [1.165, 1.54) is 16.2 Å². The number of nitrogens with one attached hydrogen (secondary N) is 1. The van der Waals surface area contributed by atoms with E-state index in [4.69, 9.17) is 23.2 Å². The van der Waals surface area contributed by atoms with Crippen molar-refractivity contribution in [3.05, 3.63) is 45.5 Å². The van der Waals surface area contributed by atoms with Gasteiger partial charge in [0.1, 0.15) is 11.0 Å². The molecule has 1 saturated heterocycles. The predicted molar refractivity (Wildman–Crippen MR) is 90.9 cm³/mol. The summed E-state index contributed by atoms with van der Waals surface area (Å²) in [4.78, 5) is 30.0. The number of thiazole rings is 1. The molecule has 1 aromatic carbocycles. The van der Waals surface area contributed by atoms with Gasteiger partial charge in [0.15, 0.2) is 0 Å². The maximum atomic E-state index is 12.5. The maximum absolute atomic E-state index is 12.5. The number of hydrogen-bond donors (Lipinski definition) is 1. The molecule has 0 spiro atoms. The third kappa shape index (κ3) is 3.49. The molecule has 1 atom stereocenters. The van der Waals surface area contributed by atoms with Crippen molar-refractivity contribution in [2.75, 3.05) is 4.90 Å². The van der Waals surface area contributed by atoms with Crippen LogP contribution in [-0.2, 0) is 16.1 Å². The van der Waals surface area contributed by atoms with E-state index in [0.717, 1.165) is 5.56 Å². The standard InChI is InChI=1S/C15H13Cl2N3O2S/c16-10-2-1-9(11(17)5-10)6-19-15(22)12-3-4-13(21)20(12)14-7-18-8-23-14/h1-2,5,7-8,12H,3-4,6H2,(H,19,22). The maximum Gasteiger partial charge on any atom is 0.243 e. The Hall–Kier alpha value is -1.63. The molecule has 23 heavy (non-hydrogen) atoms. The molecule has 2 amide bonds. The molecule has 0 saturated carbocycles. The van der Waals surface area contributed by atoms with Gasteiger partial charge in [-0.15, -0.1) is 11.3 Å². The van der Waals surface area contributed by atoms with E-state index in [2.05, 4.69) is 10.3 Å². The van der Waals surface area contributed by atoms with Crippen LogP contribution in [0.5, 0.6) is 0 Å². The Bertz CT molecular complexity index is 736. The number of carbonyl (C=O) groups is 2. The monoisotopic (exact) mass is 369 g/mol. The van der Waals surface area contributed by atoms with Crippen LogP contribution >= 0.6 is 34.5 Å². The number of halogens is 2. The lowest BCUT2D eigenvalue weighted by atomic mass is 10.2. The fourth-order valence-corrected chi connectivity index (χ4v) is 3.67. The van der Waals surface area contributed by atoms with Crippen molar-refractivity contribution in [1.82, 2.24) is 10.3 Å². The fourth-order valence-electron chi connectivity index (χ4n) is 2.50. The summed E-state index contributed by atoms with van der Waals surface area (Å²) in [6, 6.07) is 4.62. The molecule has 0 bridgehead atoms. The highest BCUT2D eigenvalue weighted by Gasteiger charge is 2.37. The molecule has 0 radical (unpaired) electrons. The minimum absolute atomic E-state index is 0.0566. The van der Waals surface area contributed by atoms with Crippen LogP contribution in [0.1, 0.15) is 18.4 Å². The minimum atomic E-state index is -0.506. The highest BCUT2D eigenvalue weighted by Crippen LogP contribution is 2.29. The summed E-state index contributed by atoms with van der Waals surface area (Å²) < 4.78 is 0. The molecule has 1 N–H and O–H groups in total. The fraction of sp³-hybridized carbons (Fsp3) is 0.267. The van der Waals surface area contributed by atoms with E-state index in [0.29, 0.717) is 27.9 Å². The first-order valence-electron chi connectivity index (χ1n) is 6.98. The third-order valence-electron chi connectivity index (χ3n) is 3.64. The summed E-state index contributed by atoms with van der Waals surface area (Å²) in [5.74, 6) is -0.255. The Labute approximate surface area is 147 Å². The number of anilines is 1. The number of benzene rings is 1. The number of rotatable bonds is 4. The first-order chi connectivity index (χ1) is 11.1. The number of aromatic nitrogens is 1. The SMILES string of the molecule is O=C(NCc1ccc(Cl)cc1Cl)C1CCC(=O)N1c1cncs1. The van der Waals surface area contributed by atoms with E-state index in [9.17, 15) is 9.59 Å². The van der Waals surface area contributed by atoms with Crippen molar-refractivity contribution in [3.63, 3.8) is 0 Å². The van der Waals surface area contributed by atoms with Gasteiger partial charge in [-0.3, -0.25) is 19.5 Å². The second kappa shape index (κ2) is 6.86. The Balaban J connectivity index is 1.69. The van der Waals surface area contributed by atoms with Crippen LogP contribution in [-0.4, -0.2) is 22.8 Å². The van der Waals surface area contributed by atoms with Gasteiger partial charge >= 0.3 is 0 Å². The lowest BCUT2D eigenvalue weighted by molar-refractivity contribution is -0.124. The van der Waals surface area contributed by atoms with Gasteiger partial charge in [-0.05, 0) is 24.1 Å². The van der Waals surface area contributed by atoms with Gasteiger partial charge in [0.05, 0.1) is 11.7 Å². The average molecular weight is 370 g/mol. The summed E-state index contributed by atoms with van der Waals surface area (Å²) in [6.45, 7) is 0.288. The van der Waals surface area contributed by atoms with Crippen molar-refractivity contribution < 1.29 is 9.59 Å². The summed E-state index contributed by atoms with van der Waals surface area (Å²) in [5.41, 5.74) is 2.42. The van der Waals surface area contributed by atoms with Crippen molar-refractivity contribution in [1.29, 1.82) is 0 Å². The molecule has 120 valence electrons. The molecule has 1 unspecified atom stereocenters. The van der Waals surface area contributed by atoms with Crippen LogP contribution in [0, 0.1) is 0 Å². The lowest BCUT2D eigenvalue weighted by Crippen LogP contribution is -2.44. The van der Waals surface area contributed by atoms with Crippen LogP contribution in [0.4, 0.5) is 5.00 Å². The smallest absolute Gasteiger partial charge is 0.243 e. The van der Waals surface area contributed by atoms with Crippen LogP contribution in [0.3, 0.4) is 0 Å². The first-order valence-corrected chi connectivity index (χ1v) is 8.62. The number of carbonyl (C=O) groups excluding carboxylic acids is 2. The molecule has 1 aromatic heterocycles. The van der Waals surface area contributed by atoms with Gasteiger partial charge in [0, 0.05) is 23.0 Å². The highest BCUT2D eigenvalue weighted by atomic mass is 35.5. The molecule has 1 aliphatic rings. The largest absolute Gasteiger partial charge is 0.350 e. The van der Waals surface area contributed by atoms with E-state index in [1.54, 1.807) is 29.9 Å². The van der Waals surface area contributed by atoms with Gasteiger partial charge < -0.3 is 5.32 Å². The number of amides is 2. The molecule has 0 aliphatic carbocycles. The molecular formula is C15H13Cl2N3O2S. The van der Waals surface area contributed by atoms with Gasteiger partial charge in [0.25, 0.3) is 0 Å². The van der Waals surface area contributed by atoms with Crippen molar-refractivity contribution in [3.8, 4) is 0 Å². The molecule has 2 aromatic rings. The van der Waals surface area contributed by atoms with Gasteiger partial charge in [-0.25, -0.2) is 0 Å². The van der Waals surface area contributed by atoms with Gasteiger partial charge in [-0.1, -0.05) is 29.3 Å². The van der Waals surface area contributed by atoms with E-state index < -0.39 is 6.04 Å². The van der Waals surface area contributed by atoms with Gasteiger partial charge in [0.2, 0.25) is 11.8 Å². The van der Waals surface area contributed by atoms with Crippen LogP contribution < -0.4 is 10.2 Å². The van der Waals surface area contributed by atoms with E-state index in [-0.39, 0.29) is 18.4 Å². The molecule has 5 nitrogen and oxygen atoms in total. The zero-order valence-electron chi connectivity index (χ0n) is 12.0. The summed E-state index contributed by atoms with van der Waals surface area (Å²) in [7, 11) is 0. The van der Waals surface area contributed by atoms with Crippen LogP contribution in [0.15, 0.2) is 29.9 Å². The number of nitrogens with zero attached hydrogens (tertiary/aromatic N) is 2. The van der Waals surface area contributed by atoms with Crippen molar-refractivity contribution >= 4 is 51.4 Å². The van der Waals surface area contributed by atoms with Crippen molar-refractivity contribution in [2.24, 2.45) is 0 Å². The van der Waals surface area contributed by atoms with Crippen LogP contribution in [0.25, 0.3) is 0 Å². The Kier molecular flexibility index (Phi) is 4.84. The zero-order valence-corrected chi connectivity index (χ0v) is 14.3. The van der Waals surface area contributed by atoms with E-state index >= 15 is 0 Å². The van der Waals surface area contributed by atoms with E-state index in [1.807, 2.05) is 0 Å². The summed E-state index contributed by atoms with van der Waals surface area (Å²) in [5, 5.41) is 4.57. The molecule has 2 heterocycles. The van der Waals surface area contributed by atoms with Crippen LogP contribution in [0.2, 0.25) is 10.0 Å². The summed E-state index contributed by atoms with van der Waals surface area (Å²) in [6.07, 6.45) is 2.46. The minimum Gasteiger partial charge on any atom is -0.350 e. The predicted octanol–water partition coefficient (Wildman–Crippen LogP) is 3.26. The molecule has 8 heteroatoms. The second-order valence-corrected chi connectivity index (χ2v) is 6.82. The van der Waals surface area contributed by atoms with Gasteiger partial charge in [-0.2, -0.15) is 0 Å². The third-order valence-corrected chi connectivity index (χ3v) is 5.00.